The number of carbonyl (C=O) groups excluding carboxylic acids is 2. The number of hydrogen-bond donors (Lipinski definition) is 1. The summed E-state index contributed by atoms with van der Waals surface area (Å²) in [5.41, 5.74) is -0.864. The van der Waals surface area contributed by atoms with Gasteiger partial charge in [0.25, 0.3) is 0 Å². The number of aliphatic hydroxyl groups is 1. The van der Waals surface area contributed by atoms with E-state index < -0.39 is 11.2 Å². The molecule has 0 atom stereocenters. The summed E-state index contributed by atoms with van der Waals surface area (Å²) < 4.78 is 15.9. The van der Waals surface area contributed by atoms with Crippen molar-refractivity contribution in [1.29, 1.82) is 0 Å². The number of carbonyl (C=O) groups is 2. The molecule has 224 valence electrons. The Labute approximate surface area is 244 Å². The van der Waals surface area contributed by atoms with Crippen LogP contribution in [0.3, 0.4) is 0 Å². The molecular formula is C28H49BrN4O6. The van der Waals surface area contributed by atoms with Crippen LogP contribution in [0.15, 0.2) is 0 Å². The molecule has 0 unspecified atom stereocenters. The van der Waals surface area contributed by atoms with Gasteiger partial charge < -0.3 is 29.1 Å². The smallest absolute Gasteiger partial charge is 0.410 e. The van der Waals surface area contributed by atoms with Crippen LogP contribution in [-0.4, -0.2) is 139 Å². The average molecular weight is 618 g/mol. The second-order valence-corrected chi connectivity index (χ2v) is 11.5. The van der Waals surface area contributed by atoms with Crippen molar-refractivity contribution >= 4 is 28.1 Å². The van der Waals surface area contributed by atoms with Crippen LogP contribution in [0.25, 0.3) is 0 Å². The molecule has 2 aliphatic rings. The summed E-state index contributed by atoms with van der Waals surface area (Å²) in [7, 11) is 0. The number of amides is 2. The van der Waals surface area contributed by atoms with Crippen molar-refractivity contribution < 1.29 is 28.9 Å². The highest BCUT2D eigenvalue weighted by Gasteiger charge is 2.26. The number of rotatable bonds is 6. The van der Waals surface area contributed by atoms with E-state index >= 15 is 0 Å². The first-order valence-corrected chi connectivity index (χ1v) is 14.4. The molecule has 2 amide bonds. The molecule has 0 aliphatic carbocycles. The number of halogens is 1. The summed E-state index contributed by atoms with van der Waals surface area (Å²) in [6.07, 6.45) is 9.37. The Morgan fingerprint density at radius 3 is 1.46 bits per heavy atom. The van der Waals surface area contributed by atoms with Crippen LogP contribution < -0.4 is 0 Å². The SMILES string of the molecule is C#CCBr.C#CCOCCN1CCN(C(=O)OC(C)(C)C)CC1.CC(C)(C)OC(=O)N1CCN(CCO)CC1. The van der Waals surface area contributed by atoms with Crippen molar-refractivity contribution in [2.24, 2.45) is 0 Å². The van der Waals surface area contributed by atoms with Gasteiger partial charge in [0.2, 0.25) is 0 Å². The van der Waals surface area contributed by atoms with Crippen LogP contribution >= 0.6 is 15.9 Å². The van der Waals surface area contributed by atoms with Gasteiger partial charge in [-0.1, -0.05) is 27.8 Å². The third-order valence-electron chi connectivity index (χ3n) is 5.28. The van der Waals surface area contributed by atoms with E-state index in [1.54, 1.807) is 9.80 Å². The number of hydrogen-bond acceptors (Lipinski definition) is 8. The van der Waals surface area contributed by atoms with E-state index in [0.717, 1.165) is 32.7 Å². The largest absolute Gasteiger partial charge is 0.444 e. The number of aliphatic hydroxyl groups excluding tert-OH is 1. The minimum absolute atomic E-state index is 0.173. The van der Waals surface area contributed by atoms with Gasteiger partial charge >= 0.3 is 12.2 Å². The van der Waals surface area contributed by atoms with Gasteiger partial charge in [0.05, 0.1) is 18.5 Å². The molecule has 0 aromatic heterocycles. The van der Waals surface area contributed by atoms with Gasteiger partial charge in [-0.05, 0) is 41.5 Å². The normalized spacial score (nSPS) is 16.5. The fraction of sp³-hybridized carbons (Fsp3) is 0.786. The molecule has 11 heteroatoms. The Morgan fingerprint density at radius 2 is 1.15 bits per heavy atom. The predicted molar refractivity (Wildman–Crippen MR) is 158 cm³/mol. The van der Waals surface area contributed by atoms with E-state index in [1.807, 2.05) is 41.5 Å². The van der Waals surface area contributed by atoms with E-state index in [4.69, 9.17) is 32.2 Å². The number of nitrogens with zero attached hydrogens (tertiary/aromatic N) is 4. The summed E-state index contributed by atoms with van der Waals surface area (Å²) in [5, 5.41) is 9.46. The first-order valence-electron chi connectivity index (χ1n) is 13.3. The van der Waals surface area contributed by atoms with E-state index in [9.17, 15) is 9.59 Å². The zero-order chi connectivity index (χ0) is 29.9. The fourth-order valence-electron chi connectivity index (χ4n) is 3.43. The monoisotopic (exact) mass is 616 g/mol. The van der Waals surface area contributed by atoms with Gasteiger partial charge in [-0.2, -0.15) is 0 Å². The van der Waals surface area contributed by atoms with Crippen molar-refractivity contribution in [1.82, 2.24) is 19.6 Å². The van der Waals surface area contributed by atoms with E-state index in [1.165, 1.54) is 0 Å². The van der Waals surface area contributed by atoms with Gasteiger partial charge in [0, 0.05) is 65.4 Å². The second-order valence-electron chi connectivity index (χ2n) is 10.9. The maximum absolute atomic E-state index is 11.9. The Balaban J connectivity index is 0.000000658. The minimum atomic E-state index is -0.433. The summed E-state index contributed by atoms with van der Waals surface area (Å²) in [4.78, 5) is 31.4. The average Bonchev–Trinajstić information content (AvgIpc) is 2.86. The van der Waals surface area contributed by atoms with Crippen molar-refractivity contribution in [2.45, 2.75) is 52.7 Å². The lowest BCUT2D eigenvalue weighted by molar-refractivity contribution is 0.0117. The van der Waals surface area contributed by atoms with Crippen LogP contribution in [0.2, 0.25) is 0 Å². The van der Waals surface area contributed by atoms with Crippen LogP contribution in [0, 0.1) is 24.7 Å². The zero-order valence-electron chi connectivity index (χ0n) is 24.7. The number of terminal acetylenes is 2. The number of piperazine rings is 2. The Morgan fingerprint density at radius 1 is 0.769 bits per heavy atom. The summed E-state index contributed by atoms with van der Waals surface area (Å²) in [6, 6.07) is 0. The van der Waals surface area contributed by atoms with E-state index in [-0.39, 0.29) is 18.8 Å². The highest BCUT2D eigenvalue weighted by Crippen LogP contribution is 2.12. The van der Waals surface area contributed by atoms with Gasteiger partial charge in [-0.15, -0.1) is 12.8 Å². The molecule has 0 saturated carbocycles. The lowest BCUT2D eigenvalue weighted by Gasteiger charge is -2.35. The van der Waals surface area contributed by atoms with Crippen LogP contribution in [0.5, 0.6) is 0 Å². The summed E-state index contributed by atoms with van der Waals surface area (Å²) >= 11 is 3.01. The molecule has 0 bridgehead atoms. The molecule has 2 rings (SSSR count). The van der Waals surface area contributed by atoms with E-state index in [0.29, 0.717) is 51.3 Å². The fourth-order valence-corrected chi connectivity index (χ4v) is 3.43. The van der Waals surface area contributed by atoms with Crippen molar-refractivity contribution in [3.05, 3.63) is 0 Å². The molecule has 0 aromatic carbocycles. The second kappa shape index (κ2) is 19.9. The van der Waals surface area contributed by atoms with Gasteiger partial charge in [0.1, 0.15) is 17.8 Å². The van der Waals surface area contributed by atoms with Gasteiger partial charge in [-0.3, -0.25) is 9.80 Å². The molecule has 0 spiro atoms. The first-order chi connectivity index (χ1) is 18.3. The number of ether oxygens (including phenoxy) is 3. The van der Waals surface area contributed by atoms with Crippen molar-refractivity contribution in [3.63, 3.8) is 0 Å². The first kappa shape index (κ1) is 37.0. The lowest BCUT2D eigenvalue weighted by atomic mass is 10.2. The van der Waals surface area contributed by atoms with Gasteiger partial charge in [-0.25, -0.2) is 9.59 Å². The third kappa shape index (κ3) is 19.7. The zero-order valence-corrected chi connectivity index (χ0v) is 26.3. The van der Waals surface area contributed by atoms with E-state index in [2.05, 4.69) is 37.6 Å². The molecule has 2 heterocycles. The van der Waals surface area contributed by atoms with Crippen molar-refractivity contribution in [2.75, 3.05) is 90.6 Å². The lowest BCUT2D eigenvalue weighted by Crippen LogP contribution is -2.50. The van der Waals surface area contributed by atoms with Gasteiger partial charge in [0.15, 0.2) is 0 Å². The quantitative estimate of drug-likeness (QED) is 0.277. The van der Waals surface area contributed by atoms with Crippen LogP contribution in [0.1, 0.15) is 41.5 Å². The maximum Gasteiger partial charge on any atom is 0.410 e. The number of alkyl halides is 1. The summed E-state index contributed by atoms with van der Waals surface area (Å²) in [5.74, 6) is 4.79. The Hall–Kier alpha value is -2.02. The molecule has 39 heavy (non-hydrogen) atoms. The van der Waals surface area contributed by atoms with Crippen LogP contribution in [0.4, 0.5) is 9.59 Å². The Bertz CT molecular complexity index is 769. The number of β-amino-alcohol motifs (C(OH)–C–C–N with tert-alkyl or cyclic N) is 1. The van der Waals surface area contributed by atoms with Crippen molar-refractivity contribution in [3.8, 4) is 24.7 Å². The predicted octanol–water partition coefficient (Wildman–Crippen LogP) is 2.73. The molecule has 0 radical (unpaired) electrons. The minimum Gasteiger partial charge on any atom is -0.444 e. The van der Waals surface area contributed by atoms with Crippen LogP contribution in [-0.2, 0) is 14.2 Å². The molecule has 2 saturated heterocycles. The molecular weight excluding hydrogens is 568 g/mol. The highest BCUT2D eigenvalue weighted by molar-refractivity contribution is 9.09. The third-order valence-corrected chi connectivity index (χ3v) is 5.60. The highest BCUT2D eigenvalue weighted by atomic mass is 79.9. The molecule has 1 N–H and O–H groups in total. The standard InChI is InChI=1S/C14H24N2O3.C11H22N2O3.C3H3Br/c1-5-11-18-12-10-15-6-8-16(9-7-15)13(17)19-14(2,3)4;1-11(2,3)16-10(15)13-6-4-12(5-7-13)8-9-14;1-2-3-4/h1H,6-12H2,2-4H3;14H,4-9H2,1-3H3;1H,3H2. The topological polar surface area (TPSA) is 95.0 Å². The molecule has 2 fully saturated rings. The Kier molecular flexibility index (Phi) is 18.9. The maximum atomic E-state index is 11.9. The summed E-state index contributed by atoms with van der Waals surface area (Å²) in [6.45, 7) is 20.0. The molecule has 0 aromatic rings. The molecule has 10 nitrogen and oxygen atoms in total. The molecule has 2 aliphatic heterocycles.